The molecule has 33 heavy (non-hydrogen) atoms. The van der Waals surface area contributed by atoms with Crippen LogP contribution in [0.2, 0.25) is 0 Å². The first-order chi connectivity index (χ1) is 15.5. The average molecular weight is 494 g/mol. The van der Waals surface area contributed by atoms with Crippen LogP contribution in [0.3, 0.4) is 0 Å². The van der Waals surface area contributed by atoms with Crippen LogP contribution in [0.25, 0.3) is 0 Å². The van der Waals surface area contributed by atoms with Gasteiger partial charge in [-0.25, -0.2) is 4.57 Å². The van der Waals surface area contributed by atoms with Crippen molar-refractivity contribution < 1.29 is 32.9 Å². The van der Waals surface area contributed by atoms with Gasteiger partial charge in [-0.05, 0) is 19.3 Å². The molecular weight excluding hydrogens is 443 g/mol. The number of carbonyl (C=O) groups excluding carboxylic acids is 1. The number of likely N-dealkylation sites (N-methyl/N-ethyl adjacent to an activating group) is 1. The van der Waals surface area contributed by atoms with Gasteiger partial charge >= 0.3 is 7.82 Å². The molecule has 0 radical (unpaired) electrons. The Balaban J connectivity index is 4.78. The highest BCUT2D eigenvalue weighted by Gasteiger charge is 2.27. The SMILES string of the molecule is CCCCCCC/C=C/C(O)C(COP(=O)(O)OCC[N+](C)(C)C)NC(=O)CCCCCC. The van der Waals surface area contributed by atoms with Crippen molar-refractivity contribution in [3.8, 4) is 0 Å². The van der Waals surface area contributed by atoms with Gasteiger partial charge in [-0.3, -0.25) is 13.8 Å². The summed E-state index contributed by atoms with van der Waals surface area (Å²) in [5, 5.41) is 13.4. The summed E-state index contributed by atoms with van der Waals surface area (Å²) in [7, 11) is 1.56. The summed E-state index contributed by atoms with van der Waals surface area (Å²) in [6.45, 7) is 4.56. The van der Waals surface area contributed by atoms with Gasteiger partial charge in [0, 0.05) is 6.42 Å². The van der Waals surface area contributed by atoms with Crippen molar-refractivity contribution >= 4 is 13.7 Å². The van der Waals surface area contributed by atoms with Crippen LogP contribution in [-0.4, -0.2) is 73.4 Å². The zero-order valence-electron chi connectivity index (χ0n) is 21.6. The quantitative estimate of drug-likeness (QED) is 0.0937. The molecule has 0 rings (SSSR count). The molecule has 1 amide bonds. The number of aliphatic hydroxyl groups excluding tert-OH is 1. The number of rotatable bonds is 21. The number of unbranched alkanes of at least 4 members (excludes halogenated alkanes) is 8. The third kappa shape index (κ3) is 20.3. The van der Waals surface area contributed by atoms with E-state index in [0.717, 1.165) is 44.9 Å². The molecule has 0 aliphatic carbocycles. The fourth-order valence-electron chi connectivity index (χ4n) is 3.09. The Kier molecular flexibility index (Phi) is 18.1. The molecule has 0 bridgehead atoms. The zero-order chi connectivity index (χ0) is 25.2. The average Bonchev–Trinajstić information content (AvgIpc) is 2.72. The lowest BCUT2D eigenvalue weighted by Crippen LogP contribution is -2.45. The summed E-state index contributed by atoms with van der Waals surface area (Å²) in [4.78, 5) is 22.3. The smallest absolute Gasteiger partial charge is 0.387 e. The van der Waals surface area contributed by atoms with Crippen molar-refractivity contribution in [2.75, 3.05) is 40.9 Å². The largest absolute Gasteiger partial charge is 0.472 e. The van der Waals surface area contributed by atoms with E-state index in [0.29, 0.717) is 17.4 Å². The molecule has 0 aromatic heterocycles. The molecule has 0 aromatic carbocycles. The van der Waals surface area contributed by atoms with E-state index < -0.39 is 20.0 Å². The lowest BCUT2D eigenvalue weighted by Gasteiger charge is -2.25. The van der Waals surface area contributed by atoms with Crippen molar-refractivity contribution in [2.45, 2.75) is 96.6 Å². The van der Waals surface area contributed by atoms with Gasteiger partial charge in [-0.2, -0.15) is 0 Å². The predicted molar refractivity (Wildman–Crippen MR) is 134 cm³/mol. The second-order valence-corrected chi connectivity index (χ2v) is 11.2. The van der Waals surface area contributed by atoms with Gasteiger partial charge in [0.2, 0.25) is 5.91 Å². The van der Waals surface area contributed by atoms with E-state index in [2.05, 4.69) is 19.2 Å². The van der Waals surface area contributed by atoms with E-state index in [9.17, 15) is 19.4 Å². The molecule has 0 aromatic rings. The highest BCUT2D eigenvalue weighted by Crippen LogP contribution is 2.43. The summed E-state index contributed by atoms with van der Waals surface area (Å²) in [6.07, 6.45) is 13.4. The number of carbonyl (C=O) groups is 1. The first kappa shape index (κ1) is 32.2. The van der Waals surface area contributed by atoms with Crippen LogP contribution in [0.1, 0.15) is 84.5 Å². The lowest BCUT2D eigenvalue weighted by atomic mass is 10.1. The van der Waals surface area contributed by atoms with Gasteiger partial charge in [-0.15, -0.1) is 0 Å². The second-order valence-electron chi connectivity index (χ2n) is 9.72. The molecule has 9 heteroatoms. The van der Waals surface area contributed by atoms with Crippen LogP contribution in [0.4, 0.5) is 0 Å². The molecule has 0 aliphatic rings. The van der Waals surface area contributed by atoms with Gasteiger partial charge in [0.25, 0.3) is 0 Å². The molecule has 0 spiro atoms. The molecule has 196 valence electrons. The van der Waals surface area contributed by atoms with Crippen LogP contribution < -0.4 is 5.32 Å². The van der Waals surface area contributed by atoms with Crippen LogP contribution in [-0.2, 0) is 18.4 Å². The Morgan fingerprint density at radius 1 is 1.00 bits per heavy atom. The molecule has 0 aliphatic heterocycles. The van der Waals surface area contributed by atoms with Crippen molar-refractivity contribution in [1.29, 1.82) is 0 Å². The van der Waals surface area contributed by atoms with Crippen LogP contribution in [0.15, 0.2) is 12.2 Å². The normalized spacial score (nSPS) is 16.0. The van der Waals surface area contributed by atoms with Gasteiger partial charge in [0.1, 0.15) is 13.2 Å². The molecule has 0 fully saturated rings. The maximum atomic E-state index is 12.3. The minimum atomic E-state index is -4.29. The predicted octanol–water partition coefficient (Wildman–Crippen LogP) is 4.56. The summed E-state index contributed by atoms with van der Waals surface area (Å²) in [5.74, 6) is -0.203. The standard InChI is InChI=1S/C24H49N2O6P/c1-6-8-10-12-13-14-15-17-23(27)22(25-24(28)18-16-11-9-7-2)21-32-33(29,30)31-20-19-26(3,4)5/h15,17,22-23,27H,6-14,16,18-21H2,1-5H3,(H-,25,28,29,30)/p+1/b17-15+. The number of hydrogen-bond donors (Lipinski definition) is 3. The van der Waals surface area contributed by atoms with Crippen LogP contribution in [0.5, 0.6) is 0 Å². The first-order valence-electron chi connectivity index (χ1n) is 12.6. The molecule has 3 unspecified atom stereocenters. The lowest BCUT2D eigenvalue weighted by molar-refractivity contribution is -0.870. The number of aliphatic hydroxyl groups is 1. The zero-order valence-corrected chi connectivity index (χ0v) is 22.5. The Labute approximate surface area is 201 Å². The Morgan fingerprint density at radius 2 is 1.61 bits per heavy atom. The number of amides is 1. The summed E-state index contributed by atoms with van der Waals surface area (Å²) in [5.41, 5.74) is 0. The van der Waals surface area contributed by atoms with Gasteiger partial charge in [0.05, 0.1) is 39.9 Å². The Morgan fingerprint density at radius 3 is 2.21 bits per heavy atom. The number of nitrogens with one attached hydrogen (secondary N) is 1. The maximum absolute atomic E-state index is 12.3. The minimum Gasteiger partial charge on any atom is -0.387 e. The molecule has 0 saturated carbocycles. The molecule has 8 nitrogen and oxygen atoms in total. The highest BCUT2D eigenvalue weighted by molar-refractivity contribution is 7.47. The van der Waals surface area contributed by atoms with Gasteiger partial charge in [0.15, 0.2) is 0 Å². The highest BCUT2D eigenvalue weighted by atomic mass is 31.2. The van der Waals surface area contributed by atoms with Crippen molar-refractivity contribution in [3.63, 3.8) is 0 Å². The third-order valence-corrected chi connectivity index (χ3v) is 6.24. The van der Waals surface area contributed by atoms with E-state index in [1.165, 1.54) is 19.3 Å². The van der Waals surface area contributed by atoms with E-state index in [-0.39, 0.29) is 19.1 Å². The molecule has 3 N–H and O–H groups in total. The second kappa shape index (κ2) is 18.6. The van der Waals surface area contributed by atoms with Crippen molar-refractivity contribution in [3.05, 3.63) is 12.2 Å². The van der Waals surface area contributed by atoms with Crippen molar-refractivity contribution in [1.82, 2.24) is 5.32 Å². The first-order valence-corrected chi connectivity index (χ1v) is 14.1. The van der Waals surface area contributed by atoms with E-state index in [1.807, 2.05) is 27.2 Å². The Hall–Kier alpha value is -0.760. The third-order valence-electron chi connectivity index (χ3n) is 5.26. The number of quaternary nitrogens is 1. The molecule has 0 heterocycles. The minimum absolute atomic E-state index is 0.0617. The number of phosphoric ester groups is 1. The fraction of sp³-hybridized carbons (Fsp3) is 0.875. The van der Waals surface area contributed by atoms with Gasteiger partial charge in [-0.1, -0.05) is 70.9 Å². The topological polar surface area (TPSA) is 105 Å². The van der Waals surface area contributed by atoms with Crippen LogP contribution in [0, 0.1) is 0 Å². The van der Waals surface area contributed by atoms with E-state index >= 15 is 0 Å². The fourth-order valence-corrected chi connectivity index (χ4v) is 3.83. The molecular formula is C24H50N2O6P+. The van der Waals surface area contributed by atoms with E-state index in [4.69, 9.17) is 9.05 Å². The summed E-state index contributed by atoms with van der Waals surface area (Å²) in [6, 6.07) is -0.831. The number of allylic oxidation sites excluding steroid dienone is 1. The maximum Gasteiger partial charge on any atom is 0.472 e. The monoisotopic (exact) mass is 493 g/mol. The van der Waals surface area contributed by atoms with E-state index in [1.54, 1.807) is 6.08 Å². The molecule has 0 saturated heterocycles. The summed E-state index contributed by atoms with van der Waals surface area (Å²) >= 11 is 0. The molecule has 3 atom stereocenters. The number of hydrogen-bond acceptors (Lipinski definition) is 5. The van der Waals surface area contributed by atoms with Gasteiger partial charge < -0.3 is 19.8 Å². The number of phosphoric acid groups is 1. The summed E-state index contributed by atoms with van der Waals surface area (Å²) < 4.78 is 23.0. The van der Waals surface area contributed by atoms with Crippen LogP contribution >= 0.6 is 7.82 Å². The number of nitrogens with zero attached hydrogens (tertiary/aromatic N) is 1. The van der Waals surface area contributed by atoms with Crippen molar-refractivity contribution in [2.24, 2.45) is 0 Å². The Bertz CT molecular complexity index is 580.